The van der Waals surface area contributed by atoms with Crippen molar-refractivity contribution in [2.45, 2.75) is 117 Å². The predicted molar refractivity (Wildman–Crippen MR) is 103 cm³/mol. The second-order valence-corrected chi connectivity index (χ2v) is 7.21. The maximum absolute atomic E-state index is 10.5. The van der Waals surface area contributed by atoms with Gasteiger partial charge in [-0.25, -0.2) is 0 Å². The lowest BCUT2D eigenvalue weighted by molar-refractivity contribution is -0.109. The topological polar surface area (TPSA) is 29.1 Å². The van der Waals surface area contributed by atoms with Crippen LogP contribution in [0.25, 0.3) is 0 Å². The van der Waals surface area contributed by atoms with Gasteiger partial charge in [0.1, 0.15) is 0 Å². The highest BCUT2D eigenvalue weighted by molar-refractivity contribution is 5.45. The average molecular weight is 326 g/mol. The van der Waals surface area contributed by atoms with Crippen molar-refractivity contribution in [2.24, 2.45) is 5.92 Å². The minimum atomic E-state index is 0.700. The lowest BCUT2D eigenvalue weighted by Crippen LogP contribution is -2.21. The number of amides is 1. The van der Waals surface area contributed by atoms with Gasteiger partial charge in [-0.05, 0) is 18.8 Å². The number of hydrogen-bond acceptors (Lipinski definition) is 1. The van der Waals surface area contributed by atoms with Crippen molar-refractivity contribution < 1.29 is 4.79 Å². The molecule has 2 nitrogen and oxygen atoms in total. The van der Waals surface area contributed by atoms with Crippen LogP contribution in [-0.2, 0) is 4.79 Å². The summed E-state index contributed by atoms with van der Waals surface area (Å²) in [6.45, 7) is 5.43. The van der Waals surface area contributed by atoms with E-state index >= 15 is 0 Å². The van der Waals surface area contributed by atoms with E-state index in [2.05, 4.69) is 19.2 Å². The highest BCUT2D eigenvalue weighted by atomic mass is 16.1. The van der Waals surface area contributed by atoms with E-state index in [-0.39, 0.29) is 0 Å². The number of hydrogen-bond donors (Lipinski definition) is 1. The van der Waals surface area contributed by atoms with Gasteiger partial charge in [0.2, 0.25) is 6.41 Å². The molecule has 0 aromatic rings. The van der Waals surface area contributed by atoms with E-state index in [4.69, 9.17) is 0 Å². The molecule has 0 radical (unpaired) electrons. The van der Waals surface area contributed by atoms with Gasteiger partial charge in [0.15, 0.2) is 0 Å². The van der Waals surface area contributed by atoms with Crippen LogP contribution in [-0.4, -0.2) is 13.0 Å². The van der Waals surface area contributed by atoms with E-state index in [0.717, 1.165) is 13.0 Å². The predicted octanol–water partition coefficient (Wildman–Crippen LogP) is 6.63. The Bertz CT molecular complexity index is 230. The Balaban J connectivity index is 3.56. The fourth-order valence-electron chi connectivity index (χ4n) is 3.34. The van der Waals surface area contributed by atoms with Gasteiger partial charge in [-0.3, -0.25) is 4.79 Å². The van der Waals surface area contributed by atoms with Crippen molar-refractivity contribution in [3.63, 3.8) is 0 Å². The summed E-state index contributed by atoms with van der Waals surface area (Å²) >= 11 is 0. The SMILES string of the molecule is CCCCCCCCCCC(CCCCCCCC)CNC=O. The number of carbonyl (C=O) groups is 1. The van der Waals surface area contributed by atoms with Gasteiger partial charge >= 0.3 is 0 Å². The van der Waals surface area contributed by atoms with Crippen LogP contribution in [0.4, 0.5) is 0 Å². The Labute approximate surface area is 146 Å². The fraction of sp³-hybridized carbons (Fsp3) is 0.952. The Morgan fingerprint density at radius 3 is 1.43 bits per heavy atom. The van der Waals surface area contributed by atoms with E-state index in [1.165, 1.54) is 103 Å². The van der Waals surface area contributed by atoms with Crippen LogP contribution in [0.1, 0.15) is 117 Å². The summed E-state index contributed by atoms with van der Waals surface area (Å²) in [5.74, 6) is 0.700. The molecule has 0 aromatic carbocycles. The zero-order valence-corrected chi connectivity index (χ0v) is 16.1. The molecule has 23 heavy (non-hydrogen) atoms. The quantitative estimate of drug-likeness (QED) is 0.209. The molecule has 0 saturated carbocycles. The van der Waals surface area contributed by atoms with Crippen LogP contribution >= 0.6 is 0 Å². The molecule has 1 unspecified atom stereocenters. The molecule has 138 valence electrons. The highest BCUT2D eigenvalue weighted by Crippen LogP contribution is 2.19. The molecule has 1 N–H and O–H groups in total. The molecule has 1 atom stereocenters. The monoisotopic (exact) mass is 325 g/mol. The number of carbonyl (C=O) groups excluding carboxylic acids is 1. The van der Waals surface area contributed by atoms with E-state index in [1.807, 2.05) is 0 Å². The molecule has 0 saturated heterocycles. The fourth-order valence-corrected chi connectivity index (χ4v) is 3.34. The Kier molecular flexibility index (Phi) is 19.1. The van der Waals surface area contributed by atoms with Gasteiger partial charge in [-0.15, -0.1) is 0 Å². The van der Waals surface area contributed by atoms with E-state index in [9.17, 15) is 4.79 Å². The van der Waals surface area contributed by atoms with Crippen molar-refractivity contribution in [1.29, 1.82) is 0 Å². The van der Waals surface area contributed by atoms with E-state index in [0.29, 0.717) is 5.92 Å². The van der Waals surface area contributed by atoms with Gasteiger partial charge in [0.05, 0.1) is 0 Å². The van der Waals surface area contributed by atoms with Gasteiger partial charge in [0.25, 0.3) is 0 Å². The highest BCUT2D eigenvalue weighted by Gasteiger charge is 2.08. The molecule has 0 spiro atoms. The molecular formula is C21H43NO. The van der Waals surface area contributed by atoms with Crippen LogP contribution in [0.2, 0.25) is 0 Å². The minimum Gasteiger partial charge on any atom is -0.358 e. The molecular weight excluding hydrogens is 282 g/mol. The molecule has 0 bridgehead atoms. The first-order chi connectivity index (χ1) is 11.3. The summed E-state index contributed by atoms with van der Waals surface area (Å²) in [5.41, 5.74) is 0. The first-order valence-corrected chi connectivity index (χ1v) is 10.5. The molecule has 0 aromatic heterocycles. The number of rotatable bonds is 19. The first kappa shape index (κ1) is 22.5. The summed E-state index contributed by atoms with van der Waals surface area (Å²) in [4.78, 5) is 10.5. The average Bonchev–Trinajstić information content (AvgIpc) is 2.57. The zero-order valence-electron chi connectivity index (χ0n) is 16.1. The molecule has 0 fully saturated rings. The summed E-state index contributed by atoms with van der Waals surface area (Å²) in [6, 6.07) is 0. The lowest BCUT2D eigenvalue weighted by atomic mass is 9.94. The van der Waals surface area contributed by atoms with Crippen LogP contribution in [0.3, 0.4) is 0 Å². The molecule has 2 heteroatoms. The largest absolute Gasteiger partial charge is 0.358 e. The minimum absolute atomic E-state index is 0.700. The van der Waals surface area contributed by atoms with Crippen LogP contribution in [0, 0.1) is 5.92 Å². The third-order valence-electron chi connectivity index (χ3n) is 4.92. The second-order valence-electron chi connectivity index (χ2n) is 7.21. The lowest BCUT2D eigenvalue weighted by Gasteiger charge is -2.16. The summed E-state index contributed by atoms with van der Waals surface area (Å²) in [5, 5.41) is 2.90. The zero-order chi connectivity index (χ0) is 17.0. The summed E-state index contributed by atoms with van der Waals surface area (Å²) in [7, 11) is 0. The van der Waals surface area contributed by atoms with Crippen LogP contribution < -0.4 is 5.32 Å². The maximum Gasteiger partial charge on any atom is 0.207 e. The Morgan fingerprint density at radius 1 is 0.652 bits per heavy atom. The van der Waals surface area contributed by atoms with E-state index < -0.39 is 0 Å². The van der Waals surface area contributed by atoms with Crippen LogP contribution in [0.5, 0.6) is 0 Å². The molecule has 1 amide bonds. The van der Waals surface area contributed by atoms with Crippen molar-refractivity contribution in [2.75, 3.05) is 6.54 Å². The standard InChI is InChI=1S/C21H43NO/c1-3-5-7-9-11-12-14-16-18-21(19-22-20-23)17-15-13-10-8-6-4-2/h20-21H,3-19H2,1-2H3,(H,22,23). The Hall–Kier alpha value is -0.530. The van der Waals surface area contributed by atoms with E-state index in [1.54, 1.807) is 0 Å². The first-order valence-electron chi connectivity index (χ1n) is 10.5. The summed E-state index contributed by atoms with van der Waals surface area (Å²) in [6.07, 6.45) is 22.8. The van der Waals surface area contributed by atoms with Crippen molar-refractivity contribution >= 4 is 6.41 Å². The van der Waals surface area contributed by atoms with Gasteiger partial charge in [-0.2, -0.15) is 0 Å². The van der Waals surface area contributed by atoms with Crippen LogP contribution in [0.15, 0.2) is 0 Å². The third kappa shape index (κ3) is 17.7. The van der Waals surface area contributed by atoms with Gasteiger partial charge in [-0.1, -0.05) is 104 Å². The van der Waals surface area contributed by atoms with Crippen molar-refractivity contribution in [1.82, 2.24) is 5.32 Å². The molecule has 0 aliphatic rings. The third-order valence-corrected chi connectivity index (χ3v) is 4.92. The molecule has 0 aliphatic carbocycles. The summed E-state index contributed by atoms with van der Waals surface area (Å²) < 4.78 is 0. The second kappa shape index (κ2) is 19.5. The normalized spacial score (nSPS) is 12.3. The van der Waals surface area contributed by atoms with Gasteiger partial charge < -0.3 is 5.32 Å². The molecule has 0 rings (SSSR count). The molecule has 0 aliphatic heterocycles. The number of unbranched alkanes of at least 4 members (excludes halogenated alkanes) is 12. The smallest absolute Gasteiger partial charge is 0.207 e. The Morgan fingerprint density at radius 2 is 1.04 bits per heavy atom. The maximum atomic E-state index is 10.5. The number of nitrogens with one attached hydrogen (secondary N) is 1. The molecule has 0 heterocycles. The van der Waals surface area contributed by atoms with Crippen molar-refractivity contribution in [3.8, 4) is 0 Å². The van der Waals surface area contributed by atoms with Gasteiger partial charge in [0, 0.05) is 6.54 Å². The van der Waals surface area contributed by atoms with Crippen molar-refractivity contribution in [3.05, 3.63) is 0 Å².